The Hall–Kier alpha value is -4.54. The second-order valence-electron chi connectivity index (χ2n) is 8.34. The summed E-state index contributed by atoms with van der Waals surface area (Å²) in [5.74, 6) is 0.206. The Morgan fingerprint density at radius 3 is 2.34 bits per heavy atom. The van der Waals surface area contributed by atoms with Gasteiger partial charge in [-0.2, -0.15) is 13.2 Å². The van der Waals surface area contributed by atoms with E-state index in [4.69, 9.17) is 29.1 Å². The SMILES string of the molecule is COc1cc(OC)c2nc(C)c3c(c2c1)NC(c1ccc(Oc2cccnc2)cc1)C3.O=C(O)C(F)(F)F. The fourth-order valence-corrected chi connectivity index (χ4v) is 4.10. The molecule has 0 saturated heterocycles. The number of halogens is 3. The monoisotopic (exact) mass is 527 g/mol. The number of anilines is 1. The molecule has 2 aromatic heterocycles. The summed E-state index contributed by atoms with van der Waals surface area (Å²) < 4.78 is 48.6. The number of nitrogens with one attached hydrogen (secondary N) is 1. The molecule has 0 aliphatic carbocycles. The number of aromatic nitrogens is 2. The molecule has 0 fully saturated rings. The summed E-state index contributed by atoms with van der Waals surface area (Å²) in [5.41, 5.74) is 5.37. The lowest BCUT2D eigenvalue weighted by atomic mass is 10.0. The van der Waals surface area contributed by atoms with Gasteiger partial charge in [-0.3, -0.25) is 4.98 Å². The highest BCUT2D eigenvalue weighted by atomic mass is 19.4. The zero-order chi connectivity index (χ0) is 27.4. The number of hydrogen-bond donors (Lipinski definition) is 2. The number of nitrogens with zero attached hydrogens (tertiary/aromatic N) is 2. The summed E-state index contributed by atoms with van der Waals surface area (Å²) >= 11 is 0. The fraction of sp³-hybridized carbons (Fsp3) is 0.222. The average molecular weight is 527 g/mol. The Morgan fingerprint density at radius 1 is 1.05 bits per heavy atom. The highest BCUT2D eigenvalue weighted by molar-refractivity contribution is 5.99. The van der Waals surface area contributed by atoms with Crippen LogP contribution in [0.4, 0.5) is 18.9 Å². The van der Waals surface area contributed by atoms with E-state index in [1.165, 1.54) is 11.1 Å². The maximum atomic E-state index is 10.6. The molecule has 8 nitrogen and oxygen atoms in total. The molecule has 1 unspecified atom stereocenters. The van der Waals surface area contributed by atoms with E-state index in [9.17, 15) is 13.2 Å². The summed E-state index contributed by atoms with van der Waals surface area (Å²) in [6.45, 7) is 2.05. The lowest BCUT2D eigenvalue weighted by Gasteiger charge is -2.14. The van der Waals surface area contributed by atoms with E-state index in [2.05, 4.69) is 29.4 Å². The Labute approximate surface area is 216 Å². The molecule has 0 saturated carbocycles. The molecule has 0 spiro atoms. The van der Waals surface area contributed by atoms with Crippen LogP contribution in [0.25, 0.3) is 10.9 Å². The normalized spacial score (nSPS) is 14.1. The van der Waals surface area contributed by atoms with E-state index in [1.807, 2.05) is 36.4 Å². The number of rotatable bonds is 5. The van der Waals surface area contributed by atoms with Crippen LogP contribution in [0.2, 0.25) is 0 Å². The topological polar surface area (TPSA) is 103 Å². The number of benzene rings is 2. The number of carboxylic acids is 1. The number of carboxylic acid groups (broad SMARTS) is 1. The number of ether oxygens (including phenoxy) is 3. The quantitative estimate of drug-likeness (QED) is 0.322. The van der Waals surface area contributed by atoms with Crippen LogP contribution in [0.15, 0.2) is 60.9 Å². The minimum Gasteiger partial charge on any atom is -0.497 e. The van der Waals surface area contributed by atoms with Gasteiger partial charge in [-0.15, -0.1) is 0 Å². The second kappa shape index (κ2) is 10.8. The molecule has 1 aliphatic heterocycles. The van der Waals surface area contributed by atoms with Crippen molar-refractivity contribution in [3.8, 4) is 23.0 Å². The van der Waals surface area contributed by atoms with Crippen molar-refractivity contribution >= 4 is 22.6 Å². The third kappa shape index (κ3) is 5.72. The number of aliphatic carboxylic acids is 1. The van der Waals surface area contributed by atoms with Gasteiger partial charge in [0.2, 0.25) is 0 Å². The van der Waals surface area contributed by atoms with Crippen molar-refractivity contribution < 1.29 is 37.3 Å². The van der Waals surface area contributed by atoms with Gasteiger partial charge < -0.3 is 24.6 Å². The number of pyridine rings is 2. The van der Waals surface area contributed by atoms with Gasteiger partial charge in [-0.05, 0) is 48.4 Å². The first kappa shape index (κ1) is 26.5. The van der Waals surface area contributed by atoms with E-state index in [1.54, 1.807) is 26.6 Å². The Balaban J connectivity index is 0.000000426. The predicted octanol–water partition coefficient (Wildman–Crippen LogP) is 6.09. The Morgan fingerprint density at radius 2 is 1.76 bits per heavy atom. The molecule has 11 heteroatoms. The molecular weight excluding hydrogens is 503 g/mol. The summed E-state index contributed by atoms with van der Waals surface area (Å²) in [6.07, 6.45) is -0.788. The molecule has 0 radical (unpaired) electrons. The van der Waals surface area contributed by atoms with Crippen molar-refractivity contribution in [2.24, 2.45) is 0 Å². The zero-order valence-corrected chi connectivity index (χ0v) is 20.7. The molecular formula is C27H24F3N3O5. The van der Waals surface area contributed by atoms with Crippen LogP contribution < -0.4 is 19.5 Å². The van der Waals surface area contributed by atoms with Crippen LogP contribution in [0.3, 0.4) is 0 Å². The molecule has 1 atom stereocenters. The number of alkyl halides is 3. The van der Waals surface area contributed by atoms with Crippen molar-refractivity contribution in [1.29, 1.82) is 0 Å². The van der Waals surface area contributed by atoms with E-state index in [-0.39, 0.29) is 6.04 Å². The minimum atomic E-state index is -5.08. The van der Waals surface area contributed by atoms with Crippen LogP contribution in [0.1, 0.15) is 22.9 Å². The smallest absolute Gasteiger partial charge is 0.490 e. The van der Waals surface area contributed by atoms with Gasteiger partial charge >= 0.3 is 12.1 Å². The summed E-state index contributed by atoms with van der Waals surface area (Å²) in [5, 5.41) is 11.8. The van der Waals surface area contributed by atoms with Gasteiger partial charge in [0.25, 0.3) is 0 Å². The molecule has 4 aromatic rings. The van der Waals surface area contributed by atoms with Crippen molar-refractivity contribution in [3.05, 3.63) is 77.7 Å². The van der Waals surface area contributed by atoms with Crippen LogP contribution in [0, 0.1) is 6.92 Å². The van der Waals surface area contributed by atoms with Crippen LogP contribution in [-0.4, -0.2) is 41.4 Å². The second-order valence-corrected chi connectivity index (χ2v) is 8.34. The minimum absolute atomic E-state index is 0.158. The van der Waals surface area contributed by atoms with Crippen LogP contribution in [0.5, 0.6) is 23.0 Å². The fourth-order valence-electron chi connectivity index (χ4n) is 4.10. The average Bonchev–Trinajstić information content (AvgIpc) is 3.36. The number of aryl methyl sites for hydroxylation is 1. The highest BCUT2D eigenvalue weighted by Gasteiger charge is 2.38. The third-order valence-electron chi connectivity index (χ3n) is 5.91. The highest BCUT2D eigenvalue weighted by Crippen LogP contribution is 2.43. The van der Waals surface area contributed by atoms with Gasteiger partial charge in [0.05, 0.1) is 26.5 Å². The molecule has 1 aliphatic rings. The first-order valence-corrected chi connectivity index (χ1v) is 11.4. The van der Waals surface area contributed by atoms with E-state index in [0.717, 1.165) is 46.0 Å². The van der Waals surface area contributed by atoms with Gasteiger partial charge in [0, 0.05) is 35.5 Å². The molecule has 5 rings (SSSR count). The molecule has 2 N–H and O–H groups in total. The summed E-state index contributed by atoms with van der Waals surface area (Å²) in [6, 6.07) is 16.0. The number of carbonyl (C=O) groups is 1. The summed E-state index contributed by atoms with van der Waals surface area (Å²) in [7, 11) is 3.32. The van der Waals surface area contributed by atoms with Crippen LogP contribution in [-0.2, 0) is 11.2 Å². The Bertz CT molecular complexity index is 1450. The number of hydrogen-bond acceptors (Lipinski definition) is 7. The van der Waals surface area contributed by atoms with E-state index >= 15 is 0 Å². The molecule has 198 valence electrons. The standard InChI is InChI=1S/C25H23N3O3.C2HF3O2/c1-15-20-13-22(16-6-8-17(9-7-16)31-18-5-4-10-26-14-18)28-24(20)21-11-19(29-2)12-23(30-3)25(21)27-15;3-2(4,5)1(6)7/h4-12,14,22,28H,13H2,1-3H3;(H,6,7). The maximum absolute atomic E-state index is 10.6. The lowest BCUT2D eigenvalue weighted by molar-refractivity contribution is -0.192. The van der Waals surface area contributed by atoms with Crippen LogP contribution >= 0.6 is 0 Å². The first-order valence-electron chi connectivity index (χ1n) is 11.4. The molecule has 0 bridgehead atoms. The first-order chi connectivity index (χ1) is 18.1. The predicted molar refractivity (Wildman–Crippen MR) is 134 cm³/mol. The largest absolute Gasteiger partial charge is 0.497 e. The molecule has 0 amide bonds. The van der Waals surface area contributed by atoms with Crippen molar-refractivity contribution in [1.82, 2.24) is 9.97 Å². The van der Waals surface area contributed by atoms with Gasteiger partial charge in [0.1, 0.15) is 28.5 Å². The maximum Gasteiger partial charge on any atom is 0.490 e. The number of methoxy groups -OCH3 is 2. The third-order valence-corrected chi connectivity index (χ3v) is 5.91. The van der Waals surface area contributed by atoms with Gasteiger partial charge in [0.15, 0.2) is 0 Å². The van der Waals surface area contributed by atoms with Crippen molar-refractivity contribution in [2.45, 2.75) is 25.6 Å². The van der Waals surface area contributed by atoms with Crippen molar-refractivity contribution in [3.63, 3.8) is 0 Å². The van der Waals surface area contributed by atoms with E-state index in [0.29, 0.717) is 5.75 Å². The van der Waals surface area contributed by atoms with E-state index < -0.39 is 12.1 Å². The Kier molecular flexibility index (Phi) is 7.56. The number of fused-ring (bicyclic) bond motifs is 3. The summed E-state index contributed by atoms with van der Waals surface area (Å²) in [4.78, 5) is 17.8. The van der Waals surface area contributed by atoms with Gasteiger partial charge in [-0.25, -0.2) is 9.78 Å². The molecule has 3 heterocycles. The molecule has 2 aromatic carbocycles. The van der Waals surface area contributed by atoms with Gasteiger partial charge in [-0.1, -0.05) is 12.1 Å². The lowest BCUT2D eigenvalue weighted by Crippen LogP contribution is -2.21. The molecule has 38 heavy (non-hydrogen) atoms. The van der Waals surface area contributed by atoms with Crippen molar-refractivity contribution in [2.75, 3.05) is 19.5 Å². The zero-order valence-electron chi connectivity index (χ0n) is 20.7.